The Morgan fingerprint density at radius 1 is 1.17 bits per heavy atom. The molecule has 29 heavy (non-hydrogen) atoms. The summed E-state index contributed by atoms with van der Waals surface area (Å²) >= 11 is 0. The molecule has 0 bridgehead atoms. The van der Waals surface area contributed by atoms with Crippen LogP contribution < -0.4 is 15.2 Å². The quantitative estimate of drug-likeness (QED) is 0.730. The van der Waals surface area contributed by atoms with Crippen LogP contribution in [-0.2, 0) is 18.0 Å². The van der Waals surface area contributed by atoms with Crippen LogP contribution >= 0.6 is 0 Å². The van der Waals surface area contributed by atoms with Gasteiger partial charge in [-0.25, -0.2) is 9.97 Å². The van der Waals surface area contributed by atoms with E-state index in [9.17, 15) is 4.79 Å². The number of aryl methyl sites for hydroxylation is 2. The number of fused-ring (bicyclic) bond motifs is 2. The summed E-state index contributed by atoms with van der Waals surface area (Å²) < 4.78 is 11.6. The topological polar surface area (TPSA) is 93.2 Å². The Hall–Kier alpha value is -3.00. The predicted molar refractivity (Wildman–Crippen MR) is 108 cm³/mol. The molecule has 1 fully saturated rings. The van der Waals surface area contributed by atoms with E-state index in [-0.39, 0.29) is 11.7 Å². The highest BCUT2D eigenvalue weighted by atomic mass is 16.5. The average Bonchev–Trinajstić information content (AvgIpc) is 3.17. The molecule has 150 valence electrons. The molecule has 5 rings (SSSR count). The fourth-order valence-electron chi connectivity index (χ4n) is 4.06. The third-order valence-electron chi connectivity index (χ3n) is 5.55. The van der Waals surface area contributed by atoms with Gasteiger partial charge in [0, 0.05) is 31.5 Å². The number of H-pyrrole nitrogens is 1. The maximum absolute atomic E-state index is 12.1. The molecule has 0 amide bonds. The van der Waals surface area contributed by atoms with E-state index in [0.29, 0.717) is 30.1 Å². The molecular weight excluding hydrogens is 370 g/mol. The number of aromatic nitrogens is 4. The van der Waals surface area contributed by atoms with Gasteiger partial charge in [0.05, 0.1) is 30.5 Å². The van der Waals surface area contributed by atoms with Gasteiger partial charge in [-0.15, -0.1) is 0 Å². The van der Waals surface area contributed by atoms with E-state index in [1.165, 1.54) is 0 Å². The van der Waals surface area contributed by atoms with Crippen molar-refractivity contribution in [3.05, 3.63) is 51.3 Å². The normalized spacial score (nSPS) is 17.0. The number of pyridine rings is 2. The molecule has 2 aliphatic rings. The Morgan fingerprint density at radius 3 is 2.83 bits per heavy atom. The number of piperidine rings is 1. The summed E-state index contributed by atoms with van der Waals surface area (Å²) in [7, 11) is 0. The molecule has 0 saturated carbocycles. The van der Waals surface area contributed by atoms with Crippen LogP contribution in [0.25, 0.3) is 11.0 Å². The number of hydrogen-bond donors (Lipinski definition) is 1. The molecule has 0 aromatic carbocycles. The van der Waals surface area contributed by atoms with E-state index in [0.717, 1.165) is 54.3 Å². The van der Waals surface area contributed by atoms with E-state index < -0.39 is 0 Å². The molecule has 1 N–H and O–H groups in total. The average molecular weight is 393 g/mol. The predicted octanol–water partition coefficient (Wildman–Crippen LogP) is 2.41. The lowest BCUT2D eigenvalue weighted by Gasteiger charge is -2.33. The molecule has 2 aliphatic heterocycles. The summed E-state index contributed by atoms with van der Waals surface area (Å²) in [6, 6.07) is 3.92. The number of ether oxygens (including phenoxy) is 2. The first-order chi connectivity index (χ1) is 14.1. The molecule has 5 heterocycles. The van der Waals surface area contributed by atoms with E-state index in [1.807, 2.05) is 19.1 Å². The van der Waals surface area contributed by atoms with Gasteiger partial charge in [-0.2, -0.15) is 0 Å². The molecular formula is C21H23N5O3. The molecule has 0 aliphatic carbocycles. The second-order valence-electron chi connectivity index (χ2n) is 7.73. The minimum Gasteiger partial charge on any atom is -0.489 e. The highest BCUT2D eigenvalue weighted by Crippen LogP contribution is 2.27. The van der Waals surface area contributed by atoms with Gasteiger partial charge in [0.15, 0.2) is 5.65 Å². The number of rotatable bonds is 3. The molecule has 0 radical (unpaired) electrons. The van der Waals surface area contributed by atoms with E-state index in [1.54, 1.807) is 13.1 Å². The Kier molecular flexibility index (Phi) is 4.43. The van der Waals surface area contributed by atoms with Crippen molar-refractivity contribution in [3.63, 3.8) is 0 Å². The maximum atomic E-state index is 12.1. The van der Waals surface area contributed by atoms with E-state index >= 15 is 0 Å². The lowest BCUT2D eigenvalue weighted by atomic mass is 10.1. The molecule has 0 atom stereocenters. The van der Waals surface area contributed by atoms with Crippen LogP contribution in [-0.4, -0.2) is 39.1 Å². The maximum Gasteiger partial charge on any atom is 0.260 e. The van der Waals surface area contributed by atoms with Crippen LogP contribution in [0.1, 0.15) is 35.5 Å². The van der Waals surface area contributed by atoms with Crippen LogP contribution in [0.15, 0.2) is 23.1 Å². The van der Waals surface area contributed by atoms with Crippen molar-refractivity contribution in [3.8, 4) is 5.75 Å². The van der Waals surface area contributed by atoms with Crippen LogP contribution in [0.2, 0.25) is 0 Å². The first-order valence-electron chi connectivity index (χ1n) is 9.92. The summed E-state index contributed by atoms with van der Waals surface area (Å²) in [4.78, 5) is 30.7. The van der Waals surface area contributed by atoms with Gasteiger partial charge in [0.25, 0.3) is 5.56 Å². The summed E-state index contributed by atoms with van der Waals surface area (Å²) in [6.07, 6.45) is 3.74. The lowest BCUT2D eigenvalue weighted by molar-refractivity contribution is 0.133. The number of nitrogens with one attached hydrogen (secondary N) is 1. The molecule has 3 aromatic heterocycles. The van der Waals surface area contributed by atoms with E-state index in [4.69, 9.17) is 14.5 Å². The molecule has 8 nitrogen and oxygen atoms in total. The van der Waals surface area contributed by atoms with Crippen LogP contribution in [0.5, 0.6) is 5.75 Å². The summed E-state index contributed by atoms with van der Waals surface area (Å²) in [5, 5.41) is 0.531. The monoisotopic (exact) mass is 393 g/mol. The van der Waals surface area contributed by atoms with Gasteiger partial charge in [-0.1, -0.05) is 0 Å². The van der Waals surface area contributed by atoms with Crippen molar-refractivity contribution in [2.45, 2.75) is 46.0 Å². The van der Waals surface area contributed by atoms with Crippen molar-refractivity contribution in [2.24, 2.45) is 0 Å². The second-order valence-corrected chi connectivity index (χ2v) is 7.73. The largest absolute Gasteiger partial charge is 0.489 e. The first kappa shape index (κ1) is 18.1. The van der Waals surface area contributed by atoms with Crippen LogP contribution in [0.4, 0.5) is 5.82 Å². The number of nitrogens with zero attached hydrogens (tertiary/aromatic N) is 4. The van der Waals surface area contributed by atoms with Crippen LogP contribution in [0, 0.1) is 13.8 Å². The van der Waals surface area contributed by atoms with Crippen LogP contribution in [0.3, 0.4) is 0 Å². The first-order valence-corrected chi connectivity index (χ1v) is 9.92. The zero-order chi connectivity index (χ0) is 20.0. The minimum atomic E-state index is -0.143. The number of anilines is 1. The zero-order valence-electron chi connectivity index (χ0n) is 16.6. The summed E-state index contributed by atoms with van der Waals surface area (Å²) in [5.41, 5.74) is 3.46. The Bertz CT molecular complexity index is 1140. The molecule has 0 spiro atoms. The van der Waals surface area contributed by atoms with Gasteiger partial charge < -0.3 is 19.4 Å². The zero-order valence-corrected chi connectivity index (χ0v) is 16.6. The fraction of sp³-hybridized carbons (Fsp3) is 0.429. The molecule has 0 unspecified atom stereocenters. The third-order valence-corrected chi connectivity index (χ3v) is 5.55. The summed E-state index contributed by atoms with van der Waals surface area (Å²) in [5.74, 6) is 2.28. The highest BCUT2D eigenvalue weighted by molar-refractivity contribution is 5.77. The molecule has 1 saturated heterocycles. The van der Waals surface area contributed by atoms with Crippen molar-refractivity contribution in [2.75, 3.05) is 18.0 Å². The lowest BCUT2D eigenvalue weighted by Crippen LogP contribution is -2.39. The van der Waals surface area contributed by atoms with Crippen molar-refractivity contribution < 1.29 is 9.47 Å². The SMILES string of the molecule is Cc1nc2nc(N3CCC(Oc4cnc5c(c4)COC5)CC3)c(C)cc2c(=O)[nH]1. The third kappa shape index (κ3) is 3.44. The van der Waals surface area contributed by atoms with E-state index in [2.05, 4.69) is 19.9 Å². The van der Waals surface area contributed by atoms with Gasteiger partial charge in [0.2, 0.25) is 0 Å². The fourth-order valence-corrected chi connectivity index (χ4v) is 4.06. The Balaban J connectivity index is 1.30. The smallest absolute Gasteiger partial charge is 0.260 e. The number of aromatic amines is 1. The minimum absolute atomic E-state index is 0.143. The van der Waals surface area contributed by atoms with Gasteiger partial charge >= 0.3 is 0 Å². The van der Waals surface area contributed by atoms with Gasteiger partial charge in [0.1, 0.15) is 23.5 Å². The van der Waals surface area contributed by atoms with Crippen molar-refractivity contribution >= 4 is 16.9 Å². The van der Waals surface area contributed by atoms with Gasteiger partial charge in [-0.05, 0) is 31.5 Å². The highest BCUT2D eigenvalue weighted by Gasteiger charge is 2.24. The summed E-state index contributed by atoms with van der Waals surface area (Å²) in [6.45, 7) is 6.64. The molecule has 3 aromatic rings. The Morgan fingerprint density at radius 2 is 2.00 bits per heavy atom. The standard InChI is InChI=1S/C21H23N5O3/c1-12-7-17-19(23-13(2)24-21(17)27)25-20(12)26-5-3-15(4-6-26)29-16-8-14-10-28-11-18(14)22-9-16/h7-9,15H,3-6,10-11H2,1-2H3,(H,23,24,25,27). The van der Waals surface area contributed by atoms with Gasteiger partial charge in [-0.3, -0.25) is 9.78 Å². The second kappa shape index (κ2) is 7.11. The Labute approximate surface area is 167 Å². The molecule has 8 heteroatoms. The van der Waals surface area contributed by atoms with Crippen molar-refractivity contribution in [1.29, 1.82) is 0 Å². The number of hydrogen-bond acceptors (Lipinski definition) is 7. The van der Waals surface area contributed by atoms with Crippen molar-refractivity contribution in [1.82, 2.24) is 19.9 Å².